The molecule has 21 heavy (non-hydrogen) atoms. The number of carbonyl (C=O) groups excluding carboxylic acids is 1. The van der Waals surface area contributed by atoms with E-state index in [4.69, 9.17) is 4.74 Å². The number of methoxy groups -OCH3 is 1. The van der Waals surface area contributed by atoms with Crippen LogP contribution in [0.2, 0.25) is 0 Å². The maximum atomic E-state index is 12.3. The zero-order valence-electron chi connectivity index (χ0n) is 12.9. The Kier molecular flexibility index (Phi) is 4.18. The van der Waals surface area contributed by atoms with E-state index in [0.29, 0.717) is 0 Å². The van der Waals surface area contributed by atoms with Gasteiger partial charge in [-0.3, -0.25) is 4.79 Å². The van der Waals surface area contributed by atoms with Crippen molar-refractivity contribution in [1.82, 2.24) is 5.32 Å². The van der Waals surface area contributed by atoms with Crippen molar-refractivity contribution in [3.8, 4) is 5.75 Å². The van der Waals surface area contributed by atoms with Crippen molar-refractivity contribution in [2.45, 2.75) is 50.4 Å². The Morgan fingerprint density at radius 2 is 1.86 bits per heavy atom. The predicted molar refractivity (Wildman–Crippen MR) is 83.5 cm³/mol. The molecule has 1 N–H and O–H groups in total. The normalized spacial score (nSPS) is 20.8. The van der Waals surface area contributed by atoms with Crippen LogP contribution in [0.4, 0.5) is 0 Å². The van der Waals surface area contributed by atoms with Crippen LogP contribution in [0.15, 0.2) is 24.3 Å². The molecule has 2 aliphatic carbocycles. The first-order valence-electron chi connectivity index (χ1n) is 8.16. The van der Waals surface area contributed by atoms with Crippen molar-refractivity contribution in [2.75, 3.05) is 13.7 Å². The second kappa shape index (κ2) is 6.08. The average Bonchev–Trinajstić information content (AvgIpc) is 3.35. The van der Waals surface area contributed by atoms with Gasteiger partial charge in [0.15, 0.2) is 0 Å². The van der Waals surface area contributed by atoms with Gasteiger partial charge in [-0.15, -0.1) is 0 Å². The fraction of sp³-hybridized carbons (Fsp3) is 0.611. The predicted octanol–water partition coefficient (Wildman–Crippen LogP) is 3.42. The standard InChI is InChI=1S/C18H25NO2/c1-21-16-9-7-15(8-10-16)18(11-12-18)13-19-17(20)14-5-3-2-4-6-14/h7-10,14H,2-6,11-13H2,1H3,(H,19,20). The van der Waals surface area contributed by atoms with Crippen LogP contribution in [0.5, 0.6) is 5.75 Å². The highest BCUT2D eigenvalue weighted by Gasteiger charge is 2.44. The molecule has 1 amide bonds. The Balaban J connectivity index is 1.57. The van der Waals surface area contributed by atoms with E-state index in [1.165, 1.54) is 37.7 Å². The van der Waals surface area contributed by atoms with Crippen molar-refractivity contribution in [1.29, 1.82) is 0 Å². The van der Waals surface area contributed by atoms with Crippen molar-refractivity contribution < 1.29 is 9.53 Å². The molecule has 3 rings (SSSR count). The van der Waals surface area contributed by atoms with E-state index in [0.717, 1.165) is 25.1 Å². The summed E-state index contributed by atoms with van der Waals surface area (Å²) in [6.45, 7) is 0.786. The summed E-state index contributed by atoms with van der Waals surface area (Å²) in [5.74, 6) is 1.42. The minimum Gasteiger partial charge on any atom is -0.497 e. The lowest BCUT2D eigenvalue weighted by Gasteiger charge is -2.23. The van der Waals surface area contributed by atoms with Gasteiger partial charge in [0.1, 0.15) is 5.75 Å². The smallest absolute Gasteiger partial charge is 0.223 e. The Labute approximate surface area is 127 Å². The van der Waals surface area contributed by atoms with Gasteiger partial charge in [-0.2, -0.15) is 0 Å². The van der Waals surface area contributed by atoms with E-state index < -0.39 is 0 Å². The molecule has 1 aromatic carbocycles. The second-order valence-electron chi connectivity index (χ2n) is 6.56. The van der Waals surface area contributed by atoms with Crippen LogP contribution < -0.4 is 10.1 Å². The van der Waals surface area contributed by atoms with Crippen LogP contribution in [0.3, 0.4) is 0 Å². The molecule has 3 heteroatoms. The molecule has 114 valence electrons. The summed E-state index contributed by atoms with van der Waals surface area (Å²) in [7, 11) is 1.69. The van der Waals surface area contributed by atoms with Crippen LogP contribution in [-0.2, 0) is 10.2 Å². The van der Waals surface area contributed by atoms with Crippen molar-refractivity contribution in [3.05, 3.63) is 29.8 Å². The van der Waals surface area contributed by atoms with E-state index in [-0.39, 0.29) is 17.2 Å². The van der Waals surface area contributed by atoms with E-state index >= 15 is 0 Å². The van der Waals surface area contributed by atoms with Gasteiger partial charge in [-0.25, -0.2) is 0 Å². The summed E-state index contributed by atoms with van der Waals surface area (Å²) in [6.07, 6.45) is 8.19. The number of carbonyl (C=O) groups is 1. The fourth-order valence-electron chi connectivity index (χ4n) is 3.43. The summed E-state index contributed by atoms with van der Waals surface area (Å²) < 4.78 is 5.21. The summed E-state index contributed by atoms with van der Waals surface area (Å²) in [6, 6.07) is 8.30. The molecule has 0 aromatic heterocycles. The van der Waals surface area contributed by atoms with Crippen LogP contribution in [0.25, 0.3) is 0 Å². The SMILES string of the molecule is COc1ccc(C2(CNC(=O)C3CCCCC3)CC2)cc1. The molecule has 0 atom stereocenters. The molecule has 2 fully saturated rings. The third-order valence-corrected chi connectivity index (χ3v) is 5.13. The maximum Gasteiger partial charge on any atom is 0.223 e. The molecule has 1 aromatic rings. The quantitative estimate of drug-likeness (QED) is 0.901. The lowest BCUT2D eigenvalue weighted by Crippen LogP contribution is -2.37. The number of nitrogens with one attached hydrogen (secondary N) is 1. The average molecular weight is 287 g/mol. The lowest BCUT2D eigenvalue weighted by molar-refractivity contribution is -0.126. The molecule has 3 nitrogen and oxygen atoms in total. The molecule has 0 saturated heterocycles. The van der Waals surface area contributed by atoms with Crippen molar-refractivity contribution >= 4 is 5.91 Å². The van der Waals surface area contributed by atoms with Crippen LogP contribution in [-0.4, -0.2) is 19.6 Å². The molecule has 2 aliphatic rings. The van der Waals surface area contributed by atoms with E-state index in [9.17, 15) is 4.79 Å². The number of ether oxygens (including phenoxy) is 1. The van der Waals surface area contributed by atoms with E-state index in [1.807, 2.05) is 12.1 Å². The summed E-state index contributed by atoms with van der Waals surface area (Å²) >= 11 is 0. The van der Waals surface area contributed by atoms with Gasteiger partial charge < -0.3 is 10.1 Å². The fourth-order valence-corrected chi connectivity index (χ4v) is 3.43. The third kappa shape index (κ3) is 3.22. The Hall–Kier alpha value is -1.51. The van der Waals surface area contributed by atoms with Gasteiger partial charge in [0, 0.05) is 17.9 Å². The molecule has 0 radical (unpaired) electrons. The maximum absolute atomic E-state index is 12.3. The van der Waals surface area contributed by atoms with E-state index in [2.05, 4.69) is 17.4 Å². The molecule has 0 unspecified atom stereocenters. The minimum atomic E-state index is 0.177. The van der Waals surface area contributed by atoms with Gasteiger partial charge in [-0.05, 0) is 43.4 Å². The van der Waals surface area contributed by atoms with Crippen LogP contribution in [0, 0.1) is 5.92 Å². The molecule has 0 heterocycles. The molecule has 0 spiro atoms. The largest absolute Gasteiger partial charge is 0.497 e. The number of hydrogen-bond acceptors (Lipinski definition) is 2. The number of rotatable bonds is 5. The minimum absolute atomic E-state index is 0.177. The van der Waals surface area contributed by atoms with Gasteiger partial charge in [0.05, 0.1) is 7.11 Å². The highest BCUT2D eigenvalue weighted by Crippen LogP contribution is 2.48. The highest BCUT2D eigenvalue weighted by atomic mass is 16.5. The molecule has 2 saturated carbocycles. The Bertz CT molecular complexity index is 484. The molecular formula is C18H25NO2. The van der Waals surface area contributed by atoms with Gasteiger partial charge in [0.25, 0.3) is 0 Å². The van der Waals surface area contributed by atoms with Gasteiger partial charge in [0.2, 0.25) is 5.91 Å². The zero-order chi connectivity index (χ0) is 14.7. The van der Waals surface area contributed by atoms with E-state index in [1.54, 1.807) is 7.11 Å². The third-order valence-electron chi connectivity index (χ3n) is 5.13. The summed E-state index contributed by atoms with van der Waals surface area (Å²) in [4.78, 5) is 12.3. The van der Waals surface area contributed by atoms with Crippen LogP contribution >= 0.6 is 0 Å². The first-order valence-corrected chi connectivity index (χ1v) is 8.16. The van der Waals surface area contributed by atoms with Gasteiger partial charge >= 0.3 is 0 Å². The molecular weight excluding hydrogens is 262 g/mol. The Morgan fingerprint density at radius 3 is 2.43 bits per heavy atom. The topological polar surface area (TPSA) is 38.3 Å². The summed E-state index contributed by atoms with van der Waals surface area (Å²) in [5, 5.41) is 3.21. The van der Waals surface area contributed by atoms with Gasteiger partial charge in [-0.1, -0.05) is 31.4 Å². The summed E-state index contributed by atoms with van der Waals surface area (Å²) in [5.41, 5.74) is 1.50. The molecule has 0 aliphatic heterocycles. The van der Waals surface area contributed by atoms with Crippen LogP contribution in [0.1, 0.15) is 50.5 Å². The Morgan fingerprint density at radius 1 is 1.19 bits per heavy atom. The lowest BCUT2D eigenvalue weighted by atomic mass is 9.88. The second-order valence-corrected chi connectivity index (χ2v) is 6.56. The van der Waals surface area contributed by atoms with Crippen molar-refractivity contribution in [2.24, 2.45) is 5.92 Å². The number of benzene rings is 1. The number of amides is 1. The highest BCUT2D eigenvalue weighted by molar-refractivity contribution is 5.78. The van der Waals surface area contributed by atoms with Crippen molar-refractivity contribution in [3.63, 3.8) is 0 Å². The zero-order valence-corrected chi connectivity index (χ0v) is 12.9. The number of hydrogen-bond donors (Lipinski definition) is 1. The molecule has 0 bridgehead atoms. The monoisotopic (exact) mass is 287 g/mol. The first kappa shape index (κ1) is 14.4. The first-order chi connectivity index (χ1) is 10.2.